The van der Waals surface area contributed by atoms with Crippen molar-refractivity contribution in [3.05, 3.63) is 53.8 Å². The van der Waals surface area contributed by atoms with Gasteiger partial charge in [-0.05, 0) is 43.2 Å². The van der Waals surface area contributed by atoms with Gasteiger partial charge in [0.05, 0.1) is 18.4 Å². The van der Waals surface area contributed by atoms with Crippen LogP contribution in [0, 0.1) is 5.82 Å². The van der Waals surface area contributed by atoms with Crippen molar-refractivity contribution in [1.82, 2.24) is 0 Å². The Kier molecular flexibility index (Phi) is 4.97. The molecule has 0 aliphatic carbocycles. The summed E-state index contributed by atoms with van der Waals surface area (Å²) in [7, 11) is 1.53. The Morgan fingerprint density at radius 1 is 1.20 bits per heavy atom. The summed E-state index contributed by atoms with van der Waals surface area (Å²) in [5.41, 5.74) is 1.05. The van der Waals surface area contributed by atoms with Gasteiger partial charge in [0, 0.05) is 18.7 Å². The molecule has 0 saturated carbocycles. The molecule has 2 aromatic carbocycles. The Morgan fingerprint density at radius 3 is 2.72 bits per heavy atom. The first-order valence-electron chi connectivity index (χ1n) is 8.14. The molecule has 0 radical (unpaired) electrons. The third-order valence-electron chi connectivity index (χ3n) is 4.17. The van der Waals surface area contributed by atoms with Crippen LogP contribution in [0.5, 0.6) is 5.75 Å². The highest BCUT2D eigenvalue weighted by Gasteiger charge is 2.23. The maximum absolute atomic E-state index is 13.7. The van der Waals surface area contributed by atoms with Crippen LogP contribution in [0.25, 0.3) is 0 Å². The molecule has 6 heteroatoms. The van der Waals surface area contributed by atoms with Gasteiger partial charge in [0.25, 0.3) is 5.91 Å². The molecule has 0 unspecified atom stereocenters. The van der Waals surface area contributed by atoms with Crippen molar-refractivity contribution < 1.29 is 18.7 Å². The number of hydrogen-bond donors (Lipinski definition) is 1. The van der Waals surface area contributed by atoms with Crippen LogP contribution in [-0.2, 0) is 4.79 Å². The topological polar surface area (TPSA) is 58.6 Å². The molecule has 2 aromatic rings. The van der Waals surface area contributed by atoms with Crippen molar-refractivity contribution in [2.24, 2.45) is 0 Å². The molecule has 3 rings (SSSR count). The van der Waals surface area contributed by atoms with Gasteiger partial charge in [0.1, 0.15) is 11.6 Å². The first kappa shape index (κ1) is 17.0. The fourth-order valence-corrected chi connectivity index (χ4v) is 2.88. The van der Waals surface area contributed by atoms with Crippen molar-refractivity contribution in [2.75, 3.05) is 23.9 Å². The molecule has 1 heterocycles. The molecule has 0 bridgehead atoms. The third kappa shape index (κ3) is 3.63. The van der Waals surface area contributed by atoms with Crippen LogP contribution in [0.1, 0.15) is 29.6 Å². The number of halogens is 1. The van der Waals surface area contributed by atoms with Gasteiger partial charge in [-0.2, -0.15) is 0 Å². The van der Waals surface area contributed by atoms with E-state index in [2.05, 4.69) is 5.32 Å². The van der Waals surface area contributed by atoms with E-state index in [1.807, 2.05) is 0 Å². The van der Waals surface area contributed by atoms with E-state index in [1.54, 1.807) is 29.2 Å². The molecular formula is C19H19FN2O3. The molecule has 1 N–H and O–H groups in total. The van der Waals surface area contributed by atoms with Gasteiger partial charge in [0.2, 0.25) is 5.91 Å². The van der Waals surface area contributed by atoms with Crippen molar-refractivity contribution in [3.63, 3.8) is 0 Å². The minimum atomic E-state index is -0.583. The van der Waals surface area contributed by atoms with Crippen LogP contribution in [0.2, 0.25) is 0 Å². The summed E-state index contributed by atoms with van der Waals surface area (Å²) in [6.45, 7) is 0.611. The molecule has 2 amide bonds. The highest BCUT2D eigenvalue weighted by atomic mass is 19.1. The predicted octanol–water partition coefficient (Wildman–Crippen LogP) is 3.60. The van der Waals surface area contributed by atoms with Crippen LogP contribution >= 0.6 is 0 Å². The van der Waals surface area contributed by atoms with Crippen molar-refractivity contribution >= 4 is 23.2 Å². The second-order valence-electron chi connectivity index (χ2n) is 5.82. The van der Waals surface area contributed by atoms with E-state index >= 15 is 0 Å². The highest BCUT2D eigenvalue weighted by molar-refractivity contribution is 6.05. The van der Waals surface area contributed by atoms with Crippen LogP contribution in [0.3, 0.4) is 0 Å². The maximum Gasteiger partial charge on any atom is 0.258 e. The lowest BCUT2D eigenvalue weighted by atomic mass is 10.1. The van der Waals surface area contributed by atoms with Gasteiger partial charge in [0.15, 0.2) is 0 Å². The summed E-state index contributed by atoms with van der Waals surface area (Å²) < 4.78 is 19.1. The Bertz CT molecular complexity index is 807. The van der Waals surface area contributed by atoms with Gasteiger partial charge >= 0.3 is 0 Å². The Labute approximate surface area is 145 Å². The van der Waals surface area contributed by atoms with E-state index < -0.39 is 11.7 Å². The number of methoxy groups -OCH3 is 1. The summed E-state index contributed by atoms with van der Waals surface area (Å²) in [6, 6.07) is 10.8. The lowest BCUT2D eigenvalue weighted by Gasteiger charge is -2.28. The van der Waals surface area contributed by atoms with E-state index in [0.717, 1.165) is 12.8 Å². The van der Waals surface area contributed by atoms with Crippen molar-refractivity contribution in [1.29, 1.82) is 0 Å². The van der Waals surface area contributed by atoms with Crippen LogP contribution in [0.15, 0.2) is 42.5 Å². The second-order valence-corrected chi connectivity index (χ2v) is 5.82. The second kappa shape index (κ2) is 7.34. The zero-order chi connectivity index (χ0) is 17.8. The number of carbonyl (C=O) groups is 2. The standard InChI is InChI=1S/C19H19FN2O3/c1-25-17-10-9-13(12-16(17)22-11-5-4-8-18(22)23)21-19(24)14-6-2-3-7-15(14)20/h2-3,6-7,9-10,12H,4-5,8,11H2,1H3,(H,21,24). The van der Waals surface area contributed by atoms with Crippen molar-refractivity contribution in [2.45, 2.75) is 19.3 Å². The molecule has 1 fully saturated rings. The fraction of sp³-hybridized carbons (Fsp3) is 0.263. The van der Waals surface area contributed by atoms with E-state index in [-0.39, 0.29) is 11.5 Å². The van der Waals surface area contributed by atoms with Gasteiger partial charge in [-0.15, -0.1) is 0 Å². The smallest absolute Gasteiger partial charge is 0.258 e. The summed E-state index contributed by atoms with van der Waals surface area (Å²) in [4.78, 5) is 26.1. The summed E-state index contributed by atoms with van der Waals surface area (Å²) in [5, 5.41) is 2.67. The predicted molar refractivity (Wildman–Crippen MR) is 93.6 cm³/mol. The normalized spacial score (nSPS) is 14.3. The number of carbonyl (C=O) groups excluding carboxylic acids is 2. The van der Waals surface area contributed by atoms with E-state index in [9.17, 15) is 14.0 Å². The number of nitrogens with zero attached hydrogens (tertiary/aromatic N) is 1. The maximum atomic E-state index is 13.7. The van der Waals surface area contributed by atoms with E-state index in [1.165, 1.54) is 25.3 Å². The monoisotopic (exact) mass is 342 g/mol. The number of rotatable bonds is 4. The molecule has 130 valence electrons. The fourth-order valence-electron chi connectivity index (χ4n) is 2.88. The van der Waals surface area contributed by atoms with Gasteiger partial charge in [-0.3, -0.25) is 9.59 Å². The number of amides is 2. The largest absolute Gasteiger partial charge is 0.495 e. The number of nitrogens with one attached hydrogen (secondary N) is 1. The Hall–Kier alpha value is -2.89. The van der Waals surface area contributed by atoms with Crippen molar-refractivity contribution in [3.8, 4) is 5.75 Å². The lowest BCUT2D eigenvalue weighted by Crippen LogP contribution is -2.35. The van der Waals surface area contributed by atoms with Crippen LogP contribution < -0.4 is 15.0 Å². The molecule has 0 aromatic heterocycles. The van der Waals surface area contributed by atoms with E-state index in [4.69, 9.17) is 4.74 Å². The molecule has 5 nitrogen and oxygen atoms in total. The number of hydrogen-bond acceptors (Lipinski definition) is 3. The van der Waals surface area contributed by atoms with Gasteiger partial charge in [-0.1, -0.05) is 12.1 Å². The average molecular weight is 342 g/mol. The van der Waals surface area contributed by atoms with E-state index in [0.29, 0.717) is 30.1 Å². The molecule has 1 aliphatic rings. The SMILES string of the molecule is COc1ccc(NC(=O)c2ccccc2F)cc1N1CCCCC1=O. The van der Waals surface area contributed by atoms with Crippen LogP contribution in [-0.4, -0.2) is 25.5 Å². The zero-order valence-electron chi connectivity index (χ0n) is 13.9. The Morgan fingerprint density at radius 2 is 2.00 bits per heavy atom. The zero-order valence-corrected chi connectivity index (χ0v) is 13.9. The van der Waals surface area contributed by atoms with Gasteiger partial charge < -0.3 is 15.0 Å². The summed E-state index contributed by atoms with van der Waals surface area (Å²) in [5.74, 6) is -0.541. The first-order valence-corrected chi connectivity index (χ1v) is 8.14. The molecule has 0 spiro atoms. The minimum Gasteiger partial charge on any atom is -0.495 e. The van der Waals surface area contributed by atoms with Crippen LogP contribution in [0.4, 0.5) is 15.8 Å². The summed E-state index contributed by atoms with van der Waals surface area (Å²) in [6.07, 6.45) is 2.29. The quantitative estimate of drug-likeness (QED) is 0.923. The van der Waals surface area contributed by atoms with Gasteiger partial charge in [-0.25, -0.2) is 4.39 Å². The number of piperidine rings is 1. The minimum absolute atomic E-state index is 0.0298. The molecule has 0 atom stereocenters. The third-order valence-corrected chi connectivity index (χ3v) is 4.17. The lowest BCUT2D eigenvalue weighted by molar-refractivity contribution is -0.119. The number of benzene rings is 2. The highest BCUT2D eigenvalue weighted by Crippen LogP contribution is 2.33. The molecule has 1 aliphatic heterocycles. The molecule has 25 heavy (non-hydrogen) atoms. The first-order chi connectivity index (χ1) is 12.1. The molecule has 1 saturated heterocycles. The summed E-state index contributed by atoms with van der Waals surface area (Å²) >= 11 is 0. The average Bonchev–Trinajstić information content (AvgIpc) is 2.62. The molecular weight excluding hydrogens is 323 g/mol. The Balaban J connectivity index is 1.88. The number of anilines is 2. The number of ether oxygens (including phenoxy) is 1.